The van der Waals surface area contributed by atoms with Crippen molar-refractivity contribution in [1.82, 2.24) is 20.3 Å². The van der Waals surface area contributed by atoms with Crippen molar-refractivity contribution in [2.45, 2.75) is 11.4 Å². The molecule has 0 spiro atoms. The number of rotatable bonds is 7. The zero-order chi connectivity index (χ0) is 18.1. The molecule has 9 heteroatoms. The maximum atomic E-state index is 12.0. The van der Waals surface area contributed by atoms with Crippen LogP contribution in [-0.2, 0) is 16.6 Å². The van der Waals surface area contributed by atoms with E-state index in [0.717, 1.165) is 5.56 Å². The van der Waals surface area contributed by atoms with Crippen LogP contribution >= 0.6 is 11.6 Å². The quantitative estimate of drug-likeness (QED) is 0.382. The molecule has 0 bridgehead atoms. The molecule has 0 aliphatic heterocycles. The molecule has 1 aromatic carbocycles. The number of aromatic nitrogens is 1. The summed E-state index contributed by atoms with van der Waals surface area (Å²) < 4.78 is 26.6. The Bertz CT molecular complexity index is 795. The fourth-order valence-electron chi connectivity index (χ4n) is 1.96. The molecule has 0 radical (unpaired) electrons. The predicted octanol–water partition coefficient (Wildman–Crippen LogP) is 1.38. The molecule has 0 aliphatic carbocycles. The summed E-state index contributed by atoms with van der Waals surface area (Å²) in [6.07, 6.45) is 2.83. The Morgan fingerprint density at radius 3 is 2.56 bits per heavy atom. The fraction of sp³-hybridized carbons (Fsp3) is 0.250. The van der Waals surface area contributed by atoms with E-state index in [1.54, 1.807) is 13.1 Å². The Kier molecular flexibility index (Phi) is 7.17. The van der Waals surface area contributed by atoms with Crippen LogP contribution in [0.25, 0.3) is 0 Å². The van der Waals surface area contributed by atoms with Gasteiger partial charge in [0.05, 0.1) is 0 Å². The van der Waals surface area contributed by atoms with E-state index in [1.165, 1.54) is 18.5 Å². The highest BCUT2D eigenvalue weighted by Crippen LogP contribution is 2.09. The third kappa shape index (κ3) is 6.33. The molecule has 2 aromatic rings. The minimum Gasteiger partial charge on any atom is -0.355 e. The molecular formula is C16H20ClN5O2S. The number of sulfonamides is 1. The number of benzene rings is 1. The van der Waals surface area contributed by atoms with Gasteiger partial charge in [-0.1, -0.05) is 23.7 Å². The van der Waals surface area contributed by atoms with Gasteiger partial charge in [0.15, 0.2) is 5.96 Å². The molecule has 3 N–H and O–H groups in total. The highest BCUT2D eigenvalue weighted by Gasteiger charge is 2.12. The Balaban J connectivity index is 1.75. The molecule has 0 fully saturated rings. The van der Waals surface area contributed by atoms with Gasteiger partial charge in [-0.15, -0.1) is 0 Å². The Hall–Kier alpha value is -2.16. The highest BCUT2D eigenvalue weighted by atomic mass is 35.5. The lowest BCUT2D eigenvalue weighted by Gasteiger charge is -2.12. The first-order chi connectivity index (χ1) is 12.0. The van der Waals surface area contributed by atoms with Gasteiger partial charge in [0, 0.05) is 44.1 Å². The smallest absolute Gasteiger partial charge is 0.242 e. The van der Waals surface area contributed by atoms with Crippen molar-refractivity contribution in [3.8, 4) is 0 Å². The SMILES string of the molecule is CN=C(NCCNS(=O)(=O)c1cccnc1)NCc1ccc(Cl)cc1. The summed E-state index contributed by atoms with van der Waals surface area (Å²) in [6.45, 7) is 1.19. The average molecular weight is 382 g/mol. The van der Waals surface area contributed by atoms with Gasteiger partial charge in [0.25, 0.3) is 0 Å². The van der Waals surface area contributed by atoms with Crippen molar-refractivity contribution in [3.63, 3.8) is 0 Å². The molecule has 0 unspecified atom stereocenters. The molecular weight excluding hydrogens is 362 g/mol. The third-order valence-electron chi connectivity index (χ3n) is 3.25. The van der Waals surface area contributed by atoms with E-state index in [0.29, 0.717) is 24.1 Å². The number of aliphatic imine (C=N–C) groups is 1. The number of guanidine groups is 1. The second-order valence-corrected chi connectivity index (χ2v) is 7.27. The lowest BCUT2D eigenvalue weighted by atomic mass is 10.2. The van der Waals surface area contributed by atoms with Crippen LogP contribution in [0.3, 0.4) is 0 Å². The van der Waals surface area contributed by atoms with Crippen molar-refractivity contribution in [2.75, 3.05) is 20.1 Å². The predicted molar refractivity (Wildman–Crippen MR) is 99.1 cm³/mol. The average Bonchev–Trinajstić information content (AvgIpc) is 2.63. The van der Waals surface area contributed by atoms with Crippen molar-refractivity contribution in [1.29, 1.82) is 0 Å². The summed E-state index contributed by atoms with van der Waals surface area (Å²) in [5.41, 5.74) is 1.06. The molecule has 0 saturated carbocycles. The fourth-order valence-corrected chi connectivity index (χ4v) is 3.09. The topological polar surface area (TPSA) is 95.5 Å². The van der Waals surface area contributed by atoms with E-state index in [9.17, 15) is 8.42 Å². The van der Waals surface area contributed by atoms with Crippen LogP contribution in [0.5, 0.6) is 0 Å². The number of pyridine rings is 1. The standard InChI is InChI=1S/C16H20ClN5O2S/c1-18-16(21-11-13-4-6-14(17)7-5-13)20-9-10-22-25(23,24)15-3-2-8-19-12-15/h2-8,12,22H,9-11H2,1H3,(H2,18,20,21). The van der Waals surface area contributed by atoms with Crippen LogP contribution in [0, 0.1) is 0 Å². The van der Waals surface area contributed by atoms with E-state index in [2.05, 4.69) is 25.3 Å². The number of halogens is 1. The van der Waals surface area contributed by atoms with E-state index >= 15 is 0 Å². The lowest BCUT2D eigenvalue weighted by Crippen LogP contribution is -2.41. The molecule has 2 rings (SSSR count). The Morgan fingerprint density at radius 1 is 1.16 bits per heavy atom. The van der Waals surface area contributed by atoms with Crippen LogP contribution < -0.4 is 15.4 Å². The minimum absolute atomic E-state index is 0.139. The highest BCUT2D eigenvalue weighted by molar-refractivity contribution is 7.89. The molecule has 0 atom stereocenters. The number of hydrogen-bond donors (Lipinski definition) is 3. The summed E-state index contributed by atoms with van der Waals surface area (Å²) >= 11 is 5.85. The Morgan fingerprint density at radius 2 is 1.92 bits per heavy atom. The molecule has 134 valence electrons. The first kappa shape index (κ1) is 19.2. The second kappa shape index (κ2) is 9.36. The van der Waals surface area contributed by atoms with Gasteiger partial charge in [-0.05, 0) is 29.8 Å². The van der Waals surface area contributed by atoms with Gasteiger partial charge < -0.3 is 10.6 Å². The molecule has 0 aliphatic rings. The second-order valence-electron chi connectivity index (χ2n) is 5.07. The van der Waals surface area contributed by atoms with Crippen molar-refractivity contribution in [3.05, 3.63) is 59.4 Å². The third-order valence-corrected chi connectivity index (χ3v) is 4.95. The Labute approximate surface area is 152 Å². The molecule has 7 nitrogen and oxygen atoms in total. The van der Waals surface area contributed by atoms with Gasteiger partial charge in [-0.3, -0.25) is 9.98 Å². The van der Waals surface area contributed by atoms with Crippen molar-refractivity contribution in [2.24, 2.45) is 4.99 Å². The van der Waals surface area contributed by atoms with Crippen LogP contribution in [0.2, 0.25) is 5.02 Å². The van der Waals surface area contributed by atoms with Gasteiger partial charge in [-0.25, -0.2) is 13.1 Å². The minimum atomic E-state index is -3.55. The molecule has 1 aromatic heterocycles. The number of nitrogens with one attached hydrogen (secondary N) is 3. The van der Waals surface area contributed by atoms with Gasteiger partial charge in [0.2, 0.25) is 10.0 Å². The van der Waals surface area contributed by atoms with E-state index in [4.69, 9.17) is 11.6 Å². The zero-order valence-electron chi connectivity index (χ0n) is 13.7. The maximum absolute atomic E-state index is 12.0. The van der Waals surface area contributed by atoms with E-state index in [-0.39, 0.29) is 11.4 Å². The van der Waals surface area contributed by atoms with Crippen LogP contribution in [0.4, 0.5) is 0 Å². The lowest BCUT2D eigenvalue weighted by molar-refractivity contribution is 0.580. The van der Waals surface area contributed by atoms with Crippen molar-refractivity contribution < 1.29 is 8.42 Å². The molecule has 25 heavy (non-hydrogen) atoms. The maximum Gasteiger partial charge on any atom is 0.242 e. The first-order valence-electron chi connectivity index (χ1n) is 7.60. The summed E-state index contributed by atoms with van der Waals surface area (Å²) in [5.74, 6) is 0.579. The summed E-state index contributed by atoms with van der Waals surface area (Å²) in [7, 11) is -1.90. The van der Waals surface area contributed by atoms with E-state index < -0.39 is 10.0 Å². The summed E-state index contributed by atoms with van der Waals surface area (Å²) in [6, 6.07) is 10.6. The van der Waals surface area contributed by atoms with Gasteiger partial charge in [-0.2, -0.15) is 0 Å². The van der Waals surface area contributed by atoms with Crippen LogP contribution in [0.1, 0.15) is 5.56 Å². The summed E-state index contributed by atoms with van der Waals surface area (Å²) in [4.78, 5) is 8.04. The van der Waals surface area contributed by atoms with Crippen LogP contribution in [-0.4, -0.2) is 39.5 Å². The van der Waals surface area contributed by atoms with E-state index in [1.807, 2.05) is 24.3 Å². The first-order valence-corrected chi connectivity index (χ1v) is 9.46. The monoisotopic (exact) mass is 381 g/mol. The number of nitrogens with zero attached hydrogens (tertiary/aromatic N) is 2. The molecule has 1 heterocycles. The van der Waals surface area contributed by atoms with Gasteiger partial charge >= 0.3 is 0 Å². The normalized spacial score (nSPS) is 12.0. The summed E-state index contributed by atoms with van der Waals surface area (Å²) in [5, 5.41) is 6.88. The zero-order valence-corrected chi connectivity index (χ0v) is 15.3. The molecule has 0 amide bonds. The van der Waals surface area contributed by atoms with Crippen molar-refractivity contribution >= 4 is 27.6 Å². The largest absolute Gasteiger partial charge is 0.355 e. The molecule has 0 saturated heterocycles. The van der Waals surface area contributed by atoms with Crippen LogP contribution in [0.15, 0.2) is 58.7 Å². The van der Waals surface area contributed by atoms with Gasteiger partial charge in [0.1, 0.15) is 4.90 Å². The number of hydrogen-bond acceptors (Lipinski definition) is 4.